The molecule has 0 aliphatic heterocycles. The van der Waals surface area contributed by atoms with Gasteiger partial charge in [0.25, 0.3) is 0 Å². The lowest BCUT2D eigenvalue weighted by molar-refractivity contribution is 1.18. The first-order chi connectivity index (χ1) is 22.3. The van der Waals surface area contributed by atoms with Gasteiger partial charge in [0, 0.05) is 57.8 Å². The average molecular weight is 610 g/mol. The summed E-state index contributed by atoms with van der Waals surface area (Å²) in [6.45, 7) is 0. The van der Waals surface area contributed by atoms with Gasteiger partial charge >= 0.3 is 0 Å². The zero-order valence-electron chi connectivity index (χ0n) is 23.9. The molecule has 0 amide bonds. The maximum Gasteiger partial charge on any atom is 0.160 e. The van der Waals surface area contributed by atoms with Crippen LogP contribution in [0.4, 0.5) is 0 Å². The highest BCUT2D eigenvalue weighted by molar-refractivity contribution is 7.26. The Bertz CT molecular complexity index is 2750. The molecule has 0 N–H and O–H groups in total. The number of nitrogens with zero attached hydrogens (tertiary/aromatic N) is 3. The van der Waals surface area contributed by atoms with Crippen LogP contribution in [0.2, 0.25) is 0 Å². The van der Waals surface area contributed by atoms with Crippen LogP contribution in [-0.4, -0.2) is 14.5 Å². The molecular weight excluding hydrogens is 587 g/mol. The van der Waals surface area contributed by atoms with Crippen molar-refractivity contribution in [1.29, 1.82) is 0 Å². The number of hydrogen-bond acceptors (Lipinski definition) is 4. The molecule has 0 saturated heterocycles. The van der Waals surface area contributed by atoms with Gasteiger partial charge in [0.2, 0.25) is 0 Å². The van der Waals surface area contributed by atoms with E-state index in [2.05, 4.69) is 138 Å². The highest BCUT2D eigenvalue weighted by Gasteiger charge is 2.18. The lowest BCUT2D eigenvalue weighted by atomic mass is 10.1. The third kappa shape index (κ3) is 3.75. The van der Waals surface area contributed by atoms with Crippen LogP contribution in [0.3, 0.4) is 0 Å². The van der Waals surface area contributed by atoms with Gasteiger partial charge in [-0.05, 0) is 54.6 Å². The number of fused-ring (bicyclic) bond motifs is 9. The van der Waals surface area contributed by atoms with Crippen LogP contribution in [0.15, 0.2) is 140 Å². The molecule has 0 fully saturated rings. The second-order valence-corrected chi connectivity index (χ2v) is 13.5. The molecule has 5 heteroatoms. The lowest BCUT2D eigenvalue weighted by Gasteiger charge is -2.10. The van der Waals surface area contributed by atoms with Crippen molar-refractivity contribution in [3.05, 3.63) is 140 Å². The van der Waals surface area contributed by atoms with Gasteiger partial charge in [-0.3, -0.25) is 0 Å². The highest BCUT2D eigenvalue weighted by Crippen LogP contribution is 2.42. The van der Waals surface area contributed by atoms with E-state index in [0.717, 1.165) is 38.5 Å². The first kappa shape index (κ1) is 25.0. The average Bonchev–Trinajstić information content (AvgIpc) is 3.76. The molecule has 210 valence electrons. The summed E-state index contributed by atoms with van der Waals surface area (Å²) in [6.07, 6.45) is 0. The maximum absolute atomic E-state index is 5.18. The van der Waals surface area contributed by atoms with Crippen LogP contribution in [0.1, 0.15) is 0 Å². The van der Waals surface area contributed by atoms with Crippen LogP contribution in [0, 0.1) is 0 Å². The number of aromatic nitrogens is 3. The second-order valence-electron chi connectivity index (χ2n) is 11.4. The molecule has 0 unspecified atom stereocenters. The first-order valence-electron chi connectivity index (χ1n) is 15.0. The maximum atomic E-state index is 5.18. The number of rotatable bonds is 3. The van der Waals surface area contributed by atoms with E-state index in [-0.39, 0.29) is 0 Å². The Morgan fingerprint density at radius 1 is 0.444 bits per heavy atom. The van der Waals surface area contributed by atoms with E-state index in [4.69, 9.17) is 9.97 Å². The van der Waals surface area contributed by atoms with E-state index in [9.17, 15) is 0 Å². The van der Waals surface area contributed by atoms with E-state index in [1.807, 2.05) is 17.4 Å². The molecule has 3 nitrogen and oxygen atoms in total. The molecule has 10 aromatic rings. The number of thiophene rings is 2. The minimum absolute atomic E-state index is 0.741. The van der Waals surface area contributed by atoms with Crippen molar-refractivity contribution >= 4 is 85.0 Å². The summed E-state index contributed by atoms with van der Waals surface area (Å²) in [7, 11) is 0. The highest BCUT2D eigenvalue weighted by atomic mass is 32.1. The normalized spacial score (nSPS) is 12.0. The Morgan fingerprint density at radius 2 is 1.13 bits per heavy atom. The van der Waals surface area contributed by atoms with E-state index < -0.39 is 0 Å². The van der Waals surface area contributed by atoms with Crippen molar-refractivity contribution < 1.29 is 0 Å². The summed E-state index contributed by atoms with van der Waals surface area (Å²) >= 11 is 3.63. The minimum Gasteiger partial charge on any atom is -0.309 e. The fourth-order valence-corrected chi connectivity index (χ4v) is 9.01. The number of para-hydroxylation sites is 1. The van der Waals surface area contributed by atoms with Gasteiger partial charge in [0.15, 0.2) is 5.82 Å². The molecule has 0 bridgehead atoms. The minimum atomic E-state index is 0.741. The summed E-state index contributed by atoms with van der Waals surface area (Å²) in [6, 6.07) is 49.9. The summed E-state index contributed by atoms with van der Waals surface area (Å²) in [4.78, 5) is 10.3. The Hall–Kier alpha value is -5.36. The SMILES string of the molecule is c1ccc(-c2nc(-c3ccc(-n4c5ccccc5c5cc6c(cc54)sc4ccccc46)cc3)nc3c2sc2ccccc23)cc1. The zero-order valence-corrected chi connectivity index (χ0v) is 25.6. The van der Waals surface area contributed by atoms with Crippen molar-refractivity contribution in [2.75, 3.05) is 0 Å². The predicted octanol–water partition coefficient (Wildman–Crippen LogP) is 11.6. The Kier molecular flexibility index (Phi) is 5.32. The van der Waals surface area contributed by atoms with Crippen LogP contribution in [-0.2, 0) is 0 Å². The van der Waals surface area contributed by atoms with Crippen molar-refractivity contribution in [1.82, 2.24) is 14.5 Å². The van der Waals surface area contributed by atoms with E-state index >= 15 is 0 Å². The summed E-state index contributed by atoms with van der Waals surface area (Å²) < 4.78 is 7.38. The van der Waals surface area contributed by atoms with Gasteiger partial charge in [-0.15, -0.1) is 22.7 Å². The Morgan fingerprint density at radius 3 is 1.96 bits per heavy atom. The van der Waals surface area contributed by atoms with E-state index in [1.54, 1.807) is 11.3 Å². The van der Waals surface area contributed by atoms with Gasteiger partial charge < -0.3 is 4.57 Å². The van der Waals surface area contributed by atoms with Crippen molar-refractivity contribution in [2.24, 2.45) is 0 Å². The molecule has 0 aliphatic rings. The fourth-order valence-electron chi connectivity index (χ4n) is 6.74. The number of hydrogen-bond donors (Lipinski definition) is 0. The van der Waals surface area contributed by atoms with Gasteiger partial charge in [0.05, 0.1) is 26.9 Å². The van der Waals surface area contributed by atoms with Crippen molar-refractivity contribution in [2.45, 2.75) is 0 Å². The molecule has 0 aliphatic carbocycles. The quantitative estimate of drug-likeness (QED) is 0.199. The molecule has 0 radical (unpaired) electrons. The van der Waals surface area contributed by atoms with Gasteiger partial charge in [-0.25, -0.2) is 9.97 Å². The molecule has 0 spiro atoms. The Balaban J connectivity index is 1.17. The van der Waals surface area contributed by atoms with Gasteiger partial charge in [-0.2, -0.15) is 0 Å². The molecule has 0 saturated carbocycles. The van der Waals surface area contributed by atoms with Crippen molar-refractivity contribution in [3.63, 3.8) is 0 Å². The molecule has 45 heavy (non-hydrogen) atoms. The van der Waals surface area contributed by atoms with Crippen LogP contribution >= 0.6 is 22.7 Å². The molecular formula is C40H23N3S2. The van der Waals surface area contributed by atoms with E-state index in [0.29, 0.717) is 0 Å². The van der Waals surface area contributed by atoms with Crippen molar-refractivity contribution in [3.8, 4) is 28.3 Å². The van der Waals surface area contributed by atoms with Crippen LogP contribution in [0.25, 0.3) is 90.6 Å². The van der Waals surface area contributed by atoms with Crippen LogP contribution in [0.5, 0.6) is 0 Å². The topological polar surface area (TPSA) is 30.7 Å². The molecule has 4 heterocycles. The monoisotopic (exact) mass is 609 g/mol. The Labute approximate surface area is 266 Å². The van der Waals surface area contributed by atoms with Gasteiger partial charge in [-0.1, -0.05) is 84.9 Å². The number of benzene rings is 6. The van der Waals surface area contributed by atoms with Crippen LogP contribution < -0.4 is 0 Å². The molecule has 0 atom stereocenters. The third-order valence-electron chi connectivity index (χ3n) is 8.82. The molecule has 10 rings (SSSR count). The third-order valence-corrected chi connectivity index (χ3v) is 11.1. The first-order valence-corrected chi connectivity index (χ1v) is 16.6. The van der Waals surface area contributed by atoms with Gasteiger partial charge in [0.1, 0.15) is 0 Å². The van der Waals surface area contributed by atoms with E-state index in [1.165, 1.54) is 52.1 Å². The lowest BCUT2D eigenvalue weighted by Crippen LogP contribution is -1.96. The standard InChI is InChI=1S/C40H23N3S2/c1-2-10-24(11-3-1)37-39-38(29-14-6-9-17-35(29)45-39)42-40(41-37)25-18-20-26(21-19-25)43-32-15-7-4-12-27(32)30-22-31-28-13-5-8-16-34(28)44-36(31)23-33(30)43/h1-23H. The summed E-state index contributed by atoms with van der Waals surface area (Å²) in [5.41, 5.74) is 7.64. The largest absolute Gasteiger partial charge is 0.309 e. The molecule has 6 aromatic carbocycles. The zero-order chi connectivity index (χ0) is 29.5. The summed E-state index contributed by atoms with van der Waals surface area (Å²) in [5.74, 6) is 0.741. The smallest absolute Gasteiger partial charge is 0.160 e. The predicted molar refractivity (Wildman–Crippen MR) is 193 cm³/mol. The fraction of sp³-hybridized carbons (Fsp3) is 0. The summed E-state index contributed by atoms with van der Waals surface area (Å²) in [5, 5.41) is 6.36. The second kappa shape index (κ2) is 9.57. The molecule has 4 aromatic heterocycles.